The van der Waals surface area contributed by atoms with E-state index < -0.39 is 0 Å². The molecule has 0 aliphatic carbocycles. The van der Waals surface area contributed by atoms with Gasteiger partial charge in [-0.05, 0) is 24.6 Å². The van der Waals surface area contributed by atoms with E-state index in [1.54, 1.807) is 23.5 Å². The number of aryl methyl sites for hydroxylation is 1. The third-order valence-corrected chi connectivity index (χ3v) is 4.01. The molecule has 4 nitrogen and oxygen atoms in total. The molecule has 88 valence electrons. The minimum absolute atomic E-state index is 0.108. The Kier molecular flexibility index (Phi) is 2.39. The minimum Gasteiger partial charge on any atom is -0.268 e. The summed E-state index contributed by atoms with van der Waals surface area (Å²) in [6.45, 7) is 2.05. The fourth-order valence-electron chi connectivity index (χ4n) is 1.89. The van der Waals surface area contributed by atoms with Crippen LogP contribution in [0.5, 0.6) is 0 Å². The summed E-state index contributed by atoms with van der Waals surface area (Å²) >= 11 is 1.55. The van der Waals surface area contributed by atoms with Crippen molar-refractivity contribution in [2.24, 2.45) is 0 Å². The van der Waals surface area contributed by atoms with E-state index in [9.17, 15) is 4.79 Å². The van der Waals surface area contributed by atoms with Crippen LogP contribution in [0.3, 0.4) is 0 Å². The fraction of sp³-hybridized carbons (Fsp3) is 0.154. The van der Waals surface area contributed by atoms with Crippen LogP contribution in [0.15, 0.2) is 29.2 Å². The molecule has 0 fully saturated rings. The van der Waals surface area contributed by atoms with Gasteiger partial charge in [0.05, 0.1) is 10.9 Å². The van der Waals surface area contributed by atoms with Gasteiger partial charge in [-0.25, -0.2) is 4.98 Å². The van der Waals surface area contributed by atoms with Gasteiger partial charge in [-0.3, -0.25) is 9.20 Å². The number of pyridine rings is 1. The maximum absolute atomic E-state index is 12.3. The molecule has 3 rings (SSSR count). The highest BCUT2D eigenvalue weighted by Crippen LogP contribution is 2.22. The molecule has 0 aliphatic heterocycles. The monoisotopic (exact) mass is 255 g/mol. The molecule has 0 bridgehead atoms. The summed E-state index contributed by atoms with van der Waals surface area (Å²) in [6, 6.07) is 7.28. The lowest BCUT2D eigenvalue weighted by Crippen LogP contribution is -2.14. The normalized spacial score (nSPS) is 10.9. The Labute approximate surface area is 107 Å². The predicted octanol–water partition coefficient (Wildman–Crippen LogP) is 2.34. The van der Waals surface area contributed by atoms with E-state index in [0.717, 1.165) is 16.1 Å². The van der Waals surface area contributed by atoms with Gasteiger partial charge >= 0.3 is 0 Å². The zero-order valence-electron chi connectivity index (χ0n) is 9.67. The summed E-state index contributed by atoms with van der Waals surface area (Å²) in [6.07, 6.45) is 2.43. The first-order chi connectivity index (χ1) is 8.72. The third kappa shape index (κ3) is 1.50. The van der Waals surface area contributed by atoms with E-state index >= 15 is 0 Å². The van der Waals surface area contributed by atoms with Crippen molar-refractivity contribution in [3.63, 3.8) is 0 Å². The Balaban J connectivity index is 2.47. The van der Waals surface area contributed by atoms with Crippen molar-refractivity contribution in [2.75, 3.05) is 0 Å². The Hall–Kier alpha value is -2.19. The number of rotatable bonds is 1. The topological polar surface area (TPSA) is 58.2 Å². The van der Waals surface area contributed by atoms with Crippen LogP contribution in [0.25, 0.3) is 15.9 Å². The van der Waals surface area contributed by atoms with Gasteiger partial charge in [0.25, 0.3) is 5.56 Å². The molecule has 5 heteroatoms. The summed E-state index contributed by atoms with van der Waals surface area (Å²) in [5.74, 6) is 0. The molecule has 3 aromatic heterocycles. The lowest BCUT2D eigenvalue weighted by atomic mass is 10.3. The van der Waals surface area contributed by atoms with E-state index in [4.69, 9.17) is 5.26 Å². The second kappa shape index (κ2) is 3.93. The van der Waals surface area contributed by atoms with Gasteiger partial charge in [0, 0.05) is 11.1 Å². The number of thiophene rings is 1. The Morgan fingerprint density at radius 1 is 1.50 bits per heavy atom. The number of nitrogens with zero attached hydrogens (tertiary/aromatic N) is 3. The molecule has 3 aromatic rings. The Morgan fingerprint density at radius 3 is 3.06 bits per heavy atom. The first-order valence-electron chi connectivity index (χ1n) is 5.58. The molecular formula is C13H9N3OS. The van der Waals surface area contributed by atoms with E-state index in [1.165, 1.54) is 10.6 Å². The second-order valence-electron chi connectivity index (χ2n) is 3.96. The van der Waals surface area contributed by atoms with Gasteiger partial charge in [0.1, 0.15) is 16.5 Å². The van der Waals surface area contributed by atoms with Gasteiger partial charge in [-0.15, -0.1) is 11.3 Å². The van der Waals surface area contributed by atoms with Gasteiger partial charge < -0.3 is 0 Å². The maximum atomic E-state index is 12.3. The van der Waals surface area contributed by atoms with Crippen molar-refractivity contribution in [2.45, 2.75) is 13.3 Å². The quantitative estimate of drug-likeness (QED) is 0.670. The number of aromatic nitrogens is 2. The van der Waals surface area contributed by atoms with Gasteiger partial charge in [0.15, 0.2) is 0 Å². The van der Waals surface area contributed by atoms with Gasteiger partial charge in [0.2, 0.25) is 0 Å². The average Bonchev–Trinajstić information content (AvgIpc) is 2.82. The lowest BCUT2D eigenvalue weighted by Gasteiger charge is -1.99. The largest absolute Gasteiger partial charge is 0.268 e. The SMILES string of the molecule is CCc1cc2c(=O)n3cc(C#N)ccc3nc2s1. The highest BCUT2D eigenvalue weighted by molar-refractivity contribution is 7.18. The highest BCUT2D eigenvalue weighted by atomic mass is 32.1. The molecule has 0 spiro atoms. The van der Waals surface area contributed by atoms with Crippen LogP contribution in [0.1, 0.15) is 17.4 Å². The number of hydrogen-bond acceptors (Lipinski definition) is 4. The fourth-order valence-corrected chi connectivity index (χ4v) is 2.85. The summed E-state index contributed by atoms with van der Waals surface area (Å²) < 4.78 is 1.44. The number of fused-ring (bicyclic) bond motifs is 2. The molecule has 3 heterocycles. The van der Waals surface area contributed by atoms with Gasteiger partial charge in [-0.2, -0.15) is 5.26 Å². The van der Waals surface area contributed by atoms with Crippen molar-refractivity contribution in [3.8, 4) is 6.07 Å². The smallest absolute Gasteiger partial charge is 0.266 e. The van der Waals surface area contributed by atoms with Crippen LogP contribution in [-0.4, -0.2) is 9.38 Å². The first-order valence-corrected chi connectivity index (χ1v) is 6.39. The van der Waals surface area contributed by atoms with Crippen molar-refractivity contribution in [1.29, 1.82) is 5.26 Å². The highest BCUT2D eigenvalue weighted by Gasteiger charge is 2.09. The van der Waals surface area contributed by atoms with Gasteiger partial charge in [-0.1, -0.05) is 6.92 Å². The third-order valence-electron chi connectivity index (χ3n) is 2.83. The molecular weight excluding hydrogens is 246 g/mol. The molecule has 0 unspecified atom stereocenters. The summed E-state index contributed by atoms with van der Waals surface area (Å²) in [5, 5.41) is 9.49. The molecule has 0 saturated carbocycles. The average molecular weight is 255 g/mol. The molecule has 0 atom stereocenters. The van der Waals surface area contributed by atoms with Crippen LogP contribution < -0.4 is 5.56 Å². The van der Waals surface area contributed by atoms with E-state index in [2.05, 4.69) is 11.9 Å². The van der Waals surface area contributed by atoms with Crippen molar-refractivity contribution >= 4 is 27.2 Å². The number of nitriles is 1. The van der Waals surface area contributed by atoms with E-state index in [-0.39, 0.29) is 5.56 Å². The first kappa shape index (κ1) is 10.9. The zero-order valence-corrected chi connectivity index (χ0v) is 10.5. The van der Waals surface area contributed by atoms with Crippen LogP contribution in [0, 0.1) is 11.3 Å². The lowest BCUT2D eigenvalue weighted by molar-refractivity contribution is 1.07. The van der Waals surface area contributed by atoms with E-state index in [1.807, 2.05) is 12.1 Å². The molecule has 0 aliphatic rings. The van der Waals surface area contributed by atoms with Crippen molar-refractivity contribution in [3.05, 3.63) is 45.2 Å². The molecule has 0 radical (unpaired) electrons. The Bertz CT molecular complexity index is 854. The van der Waals surface area contributed by atoms with Crippen LogP contribution in [0.4, 0.5) is 0 Å². The second-order valence-corrected chi connectivity index (χ2v) is 5.08. The molecule has 18 heavy (non-hydrogen) atoms. The summed E-state index contributed by atoms with van der Waals surface area (Å²) in [4.78, 5) is 18.7. The maximum Gasteiger partial charge on any atom is 0.266 e. The van der Waals surface area contributed by atoms with Crippen LogP contribution >= 0.6 is 11.3 Å². The zero-order chi connectivity index (χ0) is 12.7. The standard InChI is InChI=1S/C13H9N3OS/c1-2-9-5-10-12(18-9)15-11-4-3-8(6-14)7-16(11)13(10)17/h3-5,7H,2H2,1H3. The number of hydrogen-bond donors (Lipinski definition) is 0. The summed E-state index contributed by atoms with van der Waals surface area (Å²) in [5.41, 5.74) is 0.927. The molecule has 0 N–H and O–H groups in total. The predicted molar refractivity (Wildman–Crippen MR) is 70.9 cm³/mol. The van der Waals surface area contributed by atoms with Crippen LogP contribution in [-0.2, 0) is 6.42 Å². The molecule has 0 aromatic carbocycles. The molecule has 0 amide bonds. The summed E-state index contributed by atoms with van der Waals surface area (Å²) in [7, 11) is 0. The minimum atomic E-state index is -0.108. The Morgan fingerprint density at radius 2 is 2.33 bits per heavy atom. The molecule has 0 saturated heterocycles. The van der Waals surface area contributed by atoms with Crippen molar-refractivity contribution < 1.29 is 0 Å². The van der Waals surface area contributed by atoms with Crippen molar-refractivity contribution in [1.82, 2.24) is 9.38 Å². The van der Waals surface area contributed by atoms with E-state index in [0.29, 0.717) is 16.6 Å². The van der Waals surface area contributed by atoms with Crippen LogP contribution in [0.2, 0.25) is 0 Å².